The molecule has 0 aliphatic carbocycles. The summed E-state index contributed by atoms with van der Waals surface area (Å²) in [6.45, 7) is 0. The van der Waals surface area contributed by atoms with E-state index in [0.717, 1.165) is 17.0 Å². The number of benzene rings is 1. The summed E-state index contributed by atoms with van der Waals surface area (Å²) < 4.78 is 6.74. The number of carbonyl (C=O) groups is 1. The lowest BCUT2D eigenvalue weighted by atomic mass is 9.98. The third-order valence-electron chi connectivity index (χ3n) is 3.66. The molecule has 1 aliphatic heterocycles. The Balaban J connectivity index is 1.92. The molecule has 2 aromatic rings. The summed E-state index contributed by atoms with van der Waals surface area (Å²) in [6, 6.07) is 7.72. The monoisotopic (exact) mass is 287 g/mol. The van der Waals surface area contributed by atoms with Gasteiger partial charge < -0.3 is 15.2 Å². The van der Waals surface area contributed by atoms with E-state index in [1.807, 2.05) is 24.3 Å². The number of fused-ring (bicyclic) bond motifs is 1. The van der Waals surface area contributed by atoms with E-state index in [2.05, 4.69) is 10.4 Å². The Morgan fingerprint density at radius 2 is 2.14 bits per heavy atom. The molecule has 2 heterocycles. The Hall–Kier alpha value is -2.34. The molecule has 110 valence electrons. The van der Waals surface area contributed by atoms with Crippen LogP contribution in [0.25, 0.3) is 0 Å². The van der Waals surface area contributed by atoms with Gasteiger partial charge in [0.05, 0.1) is 25.3 Å². The van der Waals surface area contributed by atoms with Gasteiger partial charge in [0.25, 0.3) is 0 Å². The number of aliphatic hydroxyl groups is 1. The standard InChI is InChI=1S/C15H17N3O3/c1-18-15-14(12(19)8-13(20)16-15)11(17-18)7-9-3-5-10(21-2)6-4-9/h3-6,12,19H,7-8H2,1-2H3,(H,16,20). The lowest BCUT2D eigenvalue weighted by molar-refractivity contribution is -0.118. The highest BCUT2D eigenvalue weighted by Crippen LogP contribution is 2.33. The van der Waals surface area contributed by atoms with Crippen LogP contribution in [0.4, 0.5) is 5.82 Å². The highest BCUT2D eigenvalue weighted by Gasteiger charge is 2.30. The largest absolute Gasteiger partial charge is 0.497 e. The van der Waals surface area contributed by atoms with Crippen LogP contribution in [0.3, 0.4) is 0 Å². The van der Waals surface area contributed by atoms with Gasteiger partial charge in [0, 0.05) is 19.0 Å². The minimum atomic E-state index is -0.796. The summed E-state index contributed by atoms with van der Waals surface area (Å²) in [5, 5.41) is 17.3. The number of nitrogens with one attached hydrogen (secondary N) is 1. The predicted octanol–water partition coefficient (Wildman–Crippen LogP) is 1.40. The van der Waals surface area contributed by atoms with Crippen LogP contribution in [0.1, 0.15) is 29.3 Å². The number of carbonyl (C=O) groups excluding carboxylic acids is 1. The number of aliphatic hydroxyl groups excluding tert-OH is 1. The van der Waals surface area contributed by atoms with Crippen molar-refractivity contribution in [2.45, 2.75) is 18.9 Å². The van der Waals surface area contributed by atoms with Gasteiger partial charge in [-0.2, -0.15) is 5.10 Å². The van der Waals surface area contributed by atoms with E-state index < -0.39 is 6.10 Å². The van der Waals surface area contributed by atoms with Crippen molar-refractivity contribution in [3.05, 3.63) is 41.1 Å². The minimum absolute atomic E-state index is 0.0777. The Kier molecular flexibility index (Phi) is 3.39. The maximum Gasteiger partial charge on any atom is 0.228 e. The number of rotatable bonds is 3. The normalized spacial score (nSPS) is 17.3. The molecule has 3 rings (SSSR count). The van der Waals surface area contributed by atoms with E-state index in [-0.39, 0.29) is 12.3 Å². The highest BCUT2D eigenvalue weighted by molar-refractivity contribution is 5.93. The van der Waals surface area contributed by atoms with Crippen LogP contribution < -0.4 is 10.1 Å². The first-order valence-corrected chi connectivity index (χ1v) is 6.75. The number of methoxy groups -OCH3 is 1. The van der Waals surface area contributed by atoms with Crippen molar-refractivity contribution >= 4 is 11.7 Å². The molecule has 0 spiro atoms. The molecule has 1 atom stereocenters. The van der Waals surface area contributed by atoms with Gasteiger partial charge in [-0.1, -0.05) is 12.1 Å². The Bertz CT molecular complexity index is 676. The first-order chi connectivity index (χ1) is 10.1. The molecular formula is C15H17N3O3. The van der Waals surface area contributed by atoms with E-state index >= 15 is 0 Å². The van der Waals surface area contributed by atoms with Gasteiger partial charge in [-0.25, -0.2) is 0 Å². The van der Waals surface area contributed by atoms with Crippen molar-refractivity contribution in [1.29, 1.82) is 0 Å². The molecule has 0 saturated carbocycles. The van der Waals surface area contributed by atoms with Crippen molar-refractivity contribution in [3.63, 3.8) is 0 Å². The SMILES string of the molecule is COc1ccc(Cc2nn(C)c3c2C(O)CC(=O)N3)cc1. The van der Waals surface area contributed by atoms with Crippen molar-refractivity contribution in [1.82, 2.24) is 9.78 Å². The Morgan fingerprint density at radius 1 is 1.43 bits per heavy atom. The molecule has 1 aromatic heterocycles. The highest BCUT2D eigenvalue weighted by atomic mass is 16.5. The first kappa shape index (κ1) is 13.6. The number of nitrogens with zero attached hydrogens (tertiary/aromatic N) is 2. The fourth-order valence-electron chi connectivity index (χ4n) is 2.62. The summed E-state index contributed by atoms with van der Waals surface area (Å²) in [5.74, 6) is 1.20. The third kappa shape index (κ3) is 2.50. The van der Waals surface area contributed by atoms with E-state index in [9.17, 15) is 9.90 Å². The molecule has 0 radical (unpaired) electrons. The quantitative estimate of drug-likeness (QED) is 0.894. The number of aryl methyl sites for hydroxylation is 1. The summed E-state index contributed by atoms with van der Waals surface area (Å²) in [7, 11) is 3.39. The van der Waals surface area contributed by atoms with E-state index in [1.165, 1.54) is 0 Å². The topological polar surface area (TPSA) is 76.4 Å². The van der Waals surface area contributed by atoms with Crippen LogP contribution in [0.2, 0.25) is 0 Å². The van der Waals surface area contributed by atoms with E-state index in [1.54, 1.807) is 18.8 Å². The molecule has 1 unspecified atom stereocenters. The van der Waals surface area contributed by atoms with E-state index in [4.69, 9.17) is 4.74 Å². The van der Waals surface area contributed by atoms with Crippen LogP contribution in [-0.2, 0) is 18.3 Å². The first-order valence-electron chi connectivity index (χ1n) is 6.75. The van der Waals surface area contributed by atoms with Crippen LogP contribution in [0, 0.1) is 0 Å². The van der Waals surface area contributed by atoms with Crippen LogP contribution in [0.5, 0.6) is 5.75 Å². The van der Waals surface area contributed by atoms with Crippen LogP contribution >= 0.6 is 0 Å². The minimum Gasteiger partial charge on any atom is -0.497 e. The molecule has 1 aromatic carbocycles. The van der Waals surface area contributed by atoms with Gasteiger partial charge in [-0.3, -0.25) is 9.48 Å². The molecule has 1 aliphatic rings. The van der Waals surface area contributed by atoms with Crippen molar-refractivity contribution < 1.29 is 14.6 Å². The summed E-state index contributed by atoms with van der Waals surface area (Å²) in [5.41, 5.74) is 2.57. The third-order valence-corrected chi connectivity index (χ3v) is 3.66. The van der Waals surface area contributed by atoms with Gasteiger partial charge in [0.15, 0.2) is 0 Å². The molecule has 0 saturated heterocycles. The second kappa shape index (κ2) is 5.21. The van der Waals surface area contributed by atoms with Crippen molar-refractivity contribution in [2.75, 3.05) is 12.4 Å². The fraction of sp³-hybridized carbons (Fsp3) is 0.333. The maximum atomic E-state index is 11.5. The summed E-state index contributed by atoms with van der Waals surface area (Å²) >= 11 is 0. The zero-order valence-corrected chi connectivity index (χ0v) is 12.0. The molecule has 2 N–H and O–H groups in total. The van der Waals surface area contributed by atoms with Crippen LogP contribution in [0.15, 0.2) is 24.3 Å². The molecule has 0 bridgehead atoms. The number of aromatic nitrogens is 2. The lowest BCUT2D eigenvalue weighted by Crippen LogP contribution is -2.24. The smallest absolute Gasteiger partial charge is 0.228 e. The average molecular weight is 287 g/mol. The molecular weight excluding hydrogens is 270 g/mol. The van der Waals surface area contributed by atoms with Crippen molar-refractivity contribution in [3.8, 4) is 5.75 Å². The van der Waals surface area contributed by atoms with E-state index in [0.29, 0.717) is 17.8 Å². The molecule has 6 heteroatoms. The molecule has 0 fully saturated rings. The fourth-order valence-corrected chi connectivity index (χ4v) is 2.62. The van der Waals surface area contributed by atoms with Crippen molar-refractivity contribution in [2.24, 2.45) is 7.05 Å². The summed E-state index contributed by atoms with van der Waals surface area (Å²) in [6.07, 6.45) is -0.121. The number of amides is 1. The van der Waals surface area contributed by atoms with Gasteiger partial charge in [0.1, 0.15) is 11.6 Å². The zero-order chi connectivity index (χ0) is 15.0. The van der Waals surface area contributed by atoms with Gasteiger partial charge in [-0.15, -0.1) is 0 Å². The predicted molar refractivity (Wildman–Crippen MR) is 77.2 cm³/mol. The van der Waals surface area contributed by atoms with Crippen LogP contribution in [-0.4, -0.2) is 27.9 Å². The second-order valence-corrected chi connectivity index (χ2v) is 5.13. The lowest BCUT2D eigenvalue weighted by Gasteiger charge is -2.19. The van der Waals surface area contributed by atoms with Gasteiger partial charge in [0.2, 0.25) is 5.91 Å². The maximum absolute atomic E-state index is 11.5. The van der Waals surface area contributed by atoms with Gasteiger partial charge in [-0.05, 0) is 17.7 Å². The number of ether oxygens (including phenoxy) is 1. The number of hydrogen-bond donors (Lipinski definition) is 2. The Morgan fingerprint density at radius 3 is 2.81 bits per heavy atom. The Labute approximate surface area is 122 Å². The molecule has 21 heavy (non-hydrogen) atoms. The zero-order valence-electron chi connectivity index (χ0n) is 12.0. The summed E-state index contributed by atoms with van der Waals surface area (Å²) in [4.78, 5) is 11.5. The average Bonchev–Trinajstić information content (AvgIpc) is 2.76. The molecule has 6 nitrogen and oxygen atoms in total. The second-order valence-electron chi connectivity index (χ2n) is 5.13. The van der Waals surface area contributed by atoms with Gasteiger partial charge >= 0.3 is 0 Å². The number of anilines is 1. The number of hydrogen-bond acceptors (Lipinski definition) is 4. The molecule has 1 amide bonds.